The molecular formula is C27H27O7P. The van der Waals surface area contributed by atoms with Gasteiger partial charge in [0, 0.05) is 19.3 Å². The highest BCUT2D eigenvalue weighted by atomic mass is 31.2. The topological polar surface area (TPSA) is 72.5 Å². The Kier molecular flexibility index (Phi) is 6.25. The van der Waals surface area contributed by atoms with E-state index in [2.05, 4.69) is 0 Å². The SMILES string of the molecule is O=P(OC1CCc2ccccc2O1)(OC1CCc2ccccc2O1)OC1CCc2ccccc2O1. The molecule has 0 saturated heterocycles. The number of phosphoric acid groups is 1. The Balaban J connectivity index is 1.20. The van der Waals surface area contributed by atoms with Crippen molar-refractivity contribution in [3.63, 3.8) is 0 Å². The number of phosphoric ester groups is 1. The maximum atomic E-state index is 14.0. The van der Waals surface area contributed by atoms with Gasteiger partial charge < -0.3 is 14.2 Å². The third-order valence-corrected chi connectivity index (χ3v) is 7.86. The molecule has 35 heavy (non-hydrogen) atoms. The molecule has 8 heteroatoms. The van der Waals surface area contributed by atoms with Gasteiger partial charge in [0.1, 0.15) is 17.2 Å². The van der Waals surface area contributed by atoms with E-state index in [1.54, 1.807) is 0 Å². The highest BCUT2D eigenvalue weighted by Crippen LogP contribution is 2.55. The van der Waals surface area contributed by atoms with E-state index in [9.17, 15) is 4.57 Å². The molecule has 3 aromatic rings. The van der Waals surface area contributed by atoms with Crippen LogP contribution in [0.3, 0.4) is 0 Å². The third kappa shape index (κ3) is 5.09. The van der Waals surface area contributed by atoms with Crippen molar-refractivity contribution in [2.45, 2.75) is 57.4 Å². The summed E-state index contributed by atoms with van der Waals surface area (Å²) in [5.41, 5.74) is 3.26. The van der Waals surface area contributed by atoms with E-state index < -0.39 is 26.7 Å². The van der Waals surface area contributed by atoms with Gasteiger partial charge in [-0.1, -0.05) is 54.6 Å². The summed E-state index contributed by atoms with van der Waals surface area (Å²) in [6.07, 6.45) is 1.46. The van der Waals surface area contributed by atoms with Gasteiger partial charge in [-0.15, -0.1) is 0 Å². The molecule has 0 aromatic heterocycles. The first-order chi connectivity index (χ1) is 17.1. The summed E-state index contributed by atoms with van der Waals surface area (Å²) >= 11 is 0. The standard InChI is InChI=1S/C27H27O7P/c28-35(32-25-16-13-19-7-1-4-10-22(19)29-25,33-26-17-14-20-8-2-5-11-23(20)30-26)34-27-18-15-21-9-3-6-12-24(21)31-27/h1-12,25-27H,13-18H2. The molecule has 0 aliphatic carbocycles. The molecular weight excluding hydrogens is 467 g/mol. The third-order valence-electron chi connectivity index (χ3n) is 6.38. The number of hydrogen-bond acceptors (Lipinski definition) is 7. The maximum Gasteiger partial charge on any atom is 0.484 e. The molecule has 182 valence electrons. The van der Waals surface area contributed by atoms with Gasteiger partial charge in [0.15, 0.2) is 0 Å². The first-order valence-electron chi connectivity index (χ1n) is 12.0. The molecule has 0 N–H and O–H groups in total. The van der Waals surface area contributed by atoms with Crippen LogP contribution in [0.5, 0.6) is 17.2 Å². The number of aryl methyl sites for hydroxylation is 3. The molecule has 3 aliphatic heterocycles. The molecule has 3 atom stereocenters. The lowest BCUT2D eigenvalue weighted by atomic mass is 10.1. The number of rotatable bonds is 6. The van der Waals surface area contributed by atoms with Crippen LogP contribution >= 0.6 is 7.82 Å². The van der Waals surface area contributed by atoms with Crippen LogP contribution in [0, 0.1) is 0 Å². The molecule has 3 unspecified atom stereocenters. The van der Waals surface area contributed by atoms with E-state index in [1.807, 2.05) is 72.8 Å². The molecule has 0 fully saturated rings. The maximum absolute atomic E-state index is 14.0. The van der Waals surface area contributed by atoms with Crippen molar-refractivity contribution >= 4 is 7.82 Å². The van der Waals surface area contributed by atoms with Crippen molar-refractivity contribution in [3.05, 3.63) is 89.5 Å². The fourth-order valence-corrected chi connectivity index (χ4v) is 6.09. The molecule has 6 rings (SSSR count). The average molecular weight is 494 g/mol. The van der Waals surface area contributed by atoms with E-state index >= 15 is 0 Å². The summed E-state index contributed by atoms with van der Waals surface area (Å²) in [7, 11) is -4.14. The first-order valence-corrected chi connectivity index (χ1v) is 13.5. The number of fused-ring (bicyclic) bond motifs is 3. The van der Waals surface area contributed by atoms with Crippen LogP contribution < -0.4 is 14.2 Å². The predicted molar refractivity (Wildman–Crippen MR) is 128 cm³/mol. The van der Waals surface area contributed by atoms with Crippen molar-refractivity contribution in [2.75, 3.05) is 0 Å². The molecule has 7 nitrogen and oxygen atoms in total. The van der Waals surface area contributed by atoms with Crippen molar-refractivity contribution in [1.82, 2.24) is 0 Å². The number of ether oxygens (including phenoxy) is 3. The van der Waals surface area contributed by atoms with E-state index in [1.165, 1.54) is 0 Å². The first kappa shape index (κ1) is 22.6. The van der Waals surface area contributed by atoms with Crippen molar-refractivity contribution in [3.8, 4) is 17.2 Å². The van der Waals surface area contributed by atoms with Crippen LogP contribution in [0.2, 0.25) is 0 Å². The van der Waals surface area contributed by atoms with Gasteiger partial charge in [-0.25, -0.2) is 18.1 Å². The molecule has 0 amide bonds. The monoisotopic (exact) mass is 494 g/mol. The van der Waals surface area contributed by atoms with Crippen LogP contribution in [0.1, 0.15) is 36.0 Å². The van der Waals surface area contributed by atoms with Gasteiger partial charge >= 0.3 is 7.82 Å². The summed E-state index contributed by atoms with van der Waals surface area (Å²) in [5.74, 6) is 2.13. The summed E-state index contributed by atoms with van der Waals surface area (Å²) in [6.45, 7) is 0. The molecule has 3 aliphatic rings. The Bertz CT molecular complexity index is 1090. The summed E-state index contributed by atoms with van der Waals surface area (Å²) < 4.78 is 49.8. The van der Waals surface area contributed by atoms with Crippen molar-refractivity contribution < 1.29 is 32.3 Å². The number of benzene rings is 3. The van der Waals surface area contributed by atoms with E-state index in [0.29, 0.717) is 36.5 Å². The Labute approximate surface area is 204 Å². The number of para-hydroxylation sites is 3. The fourth-order valence-electron chi connectivity index (χ4n) is 4.63. The lowest BCUT2D eigenvalue weighted by Crippen LogP contribution is -2.32. The lowest BCUT2D eigenvalue weighted by Gasteiger charge is -2.34. The molecule has 0 radical (unpaired) electrons. The zero-order valence-electron chi connectivity index (χ0n) is 19.2. The summed E-state index contributed by atoms with van der Waals surface area (Å²) in [6, 6.07) is 23.3. The summed E-state index contributed by atoms with van der Waals surface area (Å²) in [5, 5.41) is 0. The molecule has 0 bridgehead atoms. The van der Waals surface area contributed by atoms with Crippen LogP contribution in [-0.4, -0.2) is 18.9 Å². The second-order valence-electron chi connectivity index (χ2n) is 8.84. The van der Waals surface area contributed by atoms with Gasteiger partial charge in [-0.3, -0.25) is 0 Å². The Hall–Kier alpha value is -2.83. The second-order valence-corrected chi connectivity index (χ2v) is 10.4. The van der Waals surface area contributed by atoms with Crippen molar-refractivity contribution in [2.24, 2.45) is 0 Å². The normalized spacial score (nSPS) is 24.4. The van der Waals surface area contributed by atoms with Crippen LogP contribution in [0.25, 0.3) is 0 Å². The Morgan fingerprint density at radius 1 is 0.543 bits per heavy atom. The van der Waals surface area contributed by atoms with E-state index in [4.69, 9.17) is 27.8 Å². The van der Waals surface area contributed by atoms with Crippen LogP contribution in [-0.2, 0) is 37.4 Å². The highest BCUT2D eigenvalue weighted by Gasteiger charge is 2.41. The predicted octanol–water partition coefficient (Wildman–Crippen LogP) is 6.20. The van der Waals surface area contributed by atoms with Gasteiger partial charge in [0.25, 0.3) is 0 Å². The quantitative estimate of drug-likeness (QED) is 0.378. The van der Waals surface area contributed by atoms with Crippen molar-refractivity contribution in [1.29, 1.82) is 0 Å². The van der Waals surface area contributed by atoms with Gasteiger partial charge in [-0.2, -0.15) is 0 Å². The minimum absolute atomic E-state index is 0.524. The fraction of sp³-hybridized carbons (Fsp3) is 0.333. The largest absolute Gasteiger partial charge is 0.484 e. The van der Waals surface area contributed by atoms with Gasteiger partial charge in [0.2, 0.25) is 18.9 Å². The molecule has 0 spiro atoms. The smallest absolute Gasteiger partial charge is 0.464 e. The van der Waals surface area contributed by atoms with Crippen LogP contribution in [0.15, 0.2) is 72.8 Å². The molecule has 3 heterocycles. The van der Waals surface area contributed by atoms with E-state index in [-0.39, 0.29) is 0 Å². The van der Waals surface area contributed by atoms with Gasteiger partial charge in [0.05, 0.1) is 0 Å². The van der Waals surface area contributed by atoms with Gasteiger partial charge in [-0.05, 0) is 54.2 Å². The molecule has 0 saturated carbocycles. The minimum Gasteiger partial charge on any atom is -0.464 e. The zero-order valence-corrected chi connectivity index (χ0v) is 20.1. The number of hydrogen-bond donors (Lipinski definition) is 0. The Morgan fingerprint density at radius 2 is 0.857 bits per heavy atom. The second kappa shape index (κ2) is 9.67. The minimum atomic E-state index is -4.14. The lowest BCUT2D eigenvalue weighted by molar-refractivity contribution is -0.111. The Morgan fingerprint density at radius 3 is 1.20 bits per heavy atom. The average Bonchev–Trinajstić information content (AvgIpc) is 2.88. The zero-order chi connectivity index (χ0) is 23.7. The summed E-state index contributed by atoms with van der Waals surface area (Å²) in [4.78, 5) is 0. The highest BCUT2D eigenvalue weighted by molar-refractivity contribution is 7.48. The van der Waals surface area contributed by atoms with E-state index in [0.717, 1.165) is 36.0 Å². The molecule has 3 aromatic carbocycles. The van der Waals surface area contributed by atoms with Crippen LogP contribution in [0.4, 0.5) is 0 Å².